The second kappa shape index (κ2) is 6.45. The molecule has 0 fully saturated rings. The maximum atomic E-state index is 12.4. The fourth-order valence-corrected chi connectivity index (χ4v) is 2.62. The molecule has 7 nitrogen and oxygen atoms in total. The number of ether oxygens (including phenoxy) is 1. The van der Waals surface area contributed by atoms with Crippen LogP contribution in [0.5, 0.6) is 5.75 Å². The van der Waals surface area contributed by atoms with E-state index in [0.717, 1.165) is 12.1 Å². The van der Waals surface area contributed by atoms with Crippen molar-refractivity contribution in [3.05, 3.63) is 41.0 Å². The lowest BCUT2D eigenvalue weighted by molar-refractivity contribution is -0.274. The number of nitrogens with one attached hydrogen (secondary N) is 2. The number of aryl methyl sites for hydroxylation is 1. The number of alkyl halides is 3. The van der Waals surface area contributed by atoms with E-state index in [-0.39, 0.29) is 28.6 Å². The van der Waals surface area contributed by atoms with Crippen LogP contribution in [0, 0.1) is 6.92 Å². The zero-order chi connectivity index (χ0) is 19.9. The molecule has 27 heavy (non-hydrogen) atoms. The molecule has 0 atom stereocenters. The molecular weight excluding hydrogens is 365 g/mol. The van der Waals surface area contributed by atoms with Crippen molar-refractivity contribution in [3.8, 4) is 5.75 Å². The summed E-state index contributed by atoms with van der Waals surface area (Å²) in [5, 5.41) is 2.56. The van der Waals surface area contributed by atoms with E-state index in [4.69, 9.17) is 0 Å². The SMILES string of the molecule is Cc1[nH]c(/C=C2\C(=O)Nc3ccc(OC(F)(F)F)cc32)nc1C(=O)N(C)C. The van der Waals surface area contributed by atoms with Crippen LogP contribution in [0.2, 0.25) is 0 Å². The summed E-state index contributed by atoms with van der Waals surface area (Å²) in [4.78, 5) is 32.7. The molecule has 1 aromatic carbocycles. The normalized spacial score (nSPS) is 14.9. The van der Waals surface area contributed by atoms with Crippen molar-refractivity contribution in [2.24, 2.45) is 0 Å². The molecule has 1 aliphatic rings. The van der Waals surface area contributed by atoms with Gasteiger partial charge in [0, 0.05) is 31.0 Å². The van der Waals surface area contributed by atoms with Gasteiger partial charge in [-0.2, -0.15) is 0 Å². The van der Waals surface area contributed by atoms with Crippen LogP contribution in [0.15, 0.2) is 18.2 Å². The van der Waals surface area contributed by atoms with Crippen molar-refractivity contribution < 1.29 is 27.5 Å². The highest BCUT2D eigenvalue weighted by molar-refractivity contribution is 6.34. The van der Waals surface area contributed by atoms with E-state index in [0.29, 0.717) is 11.4 Å². The minimum atomic E-state index is -4.84. The van der Waals surface area contributed by atoms with Crippen LogP contribution in [0.4, 0.5) is 18.9 Å². The molecule has 2 aromatic rings. The Kier molecular flexibility index (Phi) is 4.42. The summed E-state index contributed by atoms with van der Waals surface area (Å²) in [5.41, 5.74) is 1.41. The number of carbonyl (C=O) groups excluding carboxylic acids is 2. The van der Waals surface area contributed by atoms with Crippen molar-refractivity contribution in [1.82, 2.24) is 14.9 Å². The van der Waals surface area contributed by atoms with Crippen LogP contribution in [0.3, 0.4) is 0 Å². The van der Waals surface area contributed by atoms with Crippen LogP contribution in [-0.2, 0) is 4.79 Å². The lowest BCUT2D eigenvalue weighted by atomic mass is 10.1. The Morgan fingerprint density at radius 3 is 2.63 bits per heavy atom. The molecule has 0 aliphatic carbocycles. The standard InChI is InChI=1S/C17H15F3N4O3/c1-8-14(16(26)24(2)3)23-13(21-8)7-11-10-6-9(27-17(18,19)20)4-5-12(10)22-15(11)25/h4-7H,1-3H3,(H,21,23)(H,22,25)/b11-7-. The Bertz CT molecular complexity index is 961. The van der Waals surface area contributed by atoms with E-state index >= 15 is 0 Å². The molecular formula is C17H15F3N4O3. The number of aromatic nitrogens is 2. The highest BCUT2D eigenvalue weighted by Crippen LogP contribution is 2.36. The summed E-state index contributed by atoms with van der Waals surface area (Å²) in [6.45, 7) is 1.66. The second-order valence-corrected chi connectivity index (χ2v) is 6.06. The Morgan fingerprint density at radius 2 is 2.00 bits per heavy atom. The number of amides is 2. The quantitative estimate of drug-likeness (QED) is 0.802. The molecule has 0 unspecified atom stereocenters. The largest absolute Gasteiger partial charge is 0.573 e. The predicted octanol–water partition coefficient (Wildman–Crippen LogP) is 2.81. The Labute approximate surface area is 151 Å². The number of fused-ring (bicyclic) bond motifs is 1. The molecule has 2 N–H and O–H groups in total. The monoisotopic (exact) mass is 380 g/mol. The van der Waals surface area contributed by atoms with Gasteiger partial charge in [0.25, 0.3) is 11.8 Å². The molecule has 3 rings (SSSR count). The average molecular weight is 380 g/mol. The van der Waals surface area contributed by atoms with Crippen LogP contribution in [0.1, 0.15) is 27.6 Å². The van der Waals surface area contributed by atoms with E-state index < -0.39 is 18.0 Å². The van der Waals surface area contributed by atoms with Gasteiger partial charge in [0.1, 0.15) is 17.3 Å². The summed E-state index contributed by atoms with van der Waals surface area (Å²) in [6, 6.07) is 3.55. The number of nitrogens with zero attached hydrogens (tertiary/aromatic N) is 2. The number of anilines is 1. The molecule has 0 saturated carbocycles. The third-order valence-corrected chi connectivity index (χ3v) is 3.80. The maximum absolute atomic E-state index is 12.4. The predicted molar refractivity (Wildman–Crippen MR) is 91.0 cm³/mol. The van der Waals surface area contributed by atoms with Crippen LogP contribution < -0.4 is 10.1 Å². The molecule has 2 amide bonds. The molecule has 0 bridgehead atoms. The Morgan fingerprint density at radius 1 is 1.30 bits per heavy atom. The highest BCUT2D eigenvalue weighted by Gasteiger charge is 2.32. The van der Waals surface area contributed by atoms with E-state index in [2.05, 4.69) is 20.0 Å². The minimum absolute atomic E-state index is 0.107. The number of imidazole rings is 1. The number of hydrogen-bond acceptors (Lipinski definition) is 4. The maximum Gasteiger partial charge on any atom is 0.573 e. The first-order valence-corrected chi connectivity index (χ1v) is 7.76. The first kappa shape index (κ1) is 18.5. The first-order chi connectivity index (χ1) is 12.5. The molecule has 0 saturated heterocycles. The van der Waals surface area contributed by atoms with E-state index in [1.165, 1.54) is 17.0 Å². The van der Waals surface area contributed by atoms with E-state index in [9.17, 15) is 22.8 Å². The third kappa shape index (κ3) is 3.78. The van der Waals surface area contributed by atoms with Crippen LogP contribution >= 0.6 is 0 Å². The van der Waals surface area contributed by atoms with Gasteiger partial charge in [0.05, 0.1) is 5.57 Å². The van der Waals surface area contributed by atoms with E-state index in [1.54, 1.807) is 21.0 Å². The highest BCUT2D eigenvalue weighted by atomic mass is 19.4. The number of carbonyl (C=O) groups is 2. The van der Waals surface area contributed by atoms with Gasteiger partial charge in [-0.1, -0.05) is 0 Å². The zero-order valence-corrected chi connectivity index (χ0v) is 14.6. The minimum Gasteiger partial charge on any atom is -0.406 e. The number of benzene rings is 1. The summed E-state index contributed by atoms with van der Waals surface area (Å²) in [5.74, 6) is -1.02. The van der Waals surface area contributed by atoms with Crippen molar-refractivity contribution in [2.45, 2.75) is 13.3 Å². The van der Waals surface area contributed by atoms with Gasteiger partial charge in [-0.25, -0.2) is 4.98 Å². The lowest BCUT2D eigenvalue weighted by Crippen LogP contribution is -2.22. The van der Waals surface area contributed by atoms with Gasteiger partial charge in [0.15, 0.2) is 0 Å². The average Bonchev–Trinajstić information content (AvgIpc) is 3.06. The summed E-state index contributed by atoms with van der Waals surface area (Å²) in [7, 11) is 3.16. The third-order valence-electron chi connectivity index (χ3n) is 3.80. The topological polar surface area (TPSA) is 87.3 Å². The zero-order valence-electron chi connectivity index (χ0n) is 14.6. The lowest BCUT2D eigenvalue weighted by Gasteiger charge is -2.09. The van der Waals surface area contributed by atoms with Gasteiger partial charge in [-0.05, 0) is 31.2 Å². The fourth-order valence-electron chi connectivity index (χ4n) is 2.62. The number of H-pyrrole nitrogens is 1. The van der Waals surface area contributed by atoms with Crippen LogP contribution in [0.25, 0.3) is 11.6 Å². The first-order valence-electron chi connectivity index (χ1n) is 7.76. The van der Waals surface area contributed by atoms with Crippen LogP contribution in [-0.4, -0.2) is 47.1 Å². The Balaban J connectivity index is 1.99. The molecule has 142 valence electrons. The number of halogens is 3. The van der Waals surface area contributed by atoms with Gasteiger partial charge < -0.3 is 19.9 Å². The van der Waals surface area contributed by atoms with Gasteiger partial charge in [-0.3, -0.25) is 9.59 Å². The number of hydrogen-bond donors (Lipinski definition) is 2. The molecule has 1 aromatic heterocycles. The van der Waals surface area contributed by atoms with E-state index in [1.807, 2.05) is 0 Å². The smallest absolute Gasteiger partial charge is 0.406 e. The van der Waals surface area contributed by atoms with Crippen molar-refractivity contribution >= 4 is 29.2 Å². The molecule has 0 spiro atoms. The van der Waals surface area contributed by atoms with Gasteiger partial charge >= 0.3 is 6.36 Å². The summed E-state index contributed by atoms with van der Waals surface area (Å²) >= 11 is 0. The molecule has 2 heterocycles. The van der Waals surface area contributed by atoms with Gasteiger partial charge in [0.2, 0.25) is 0 Å². The van der Waals surface area contributed by atoms with Crippen molar-refractivity contribution in [1.29, 1.82) is 0 Å². The molecule has 1 aliphatic heterocycles. The second-order valence-electron chi connectivity index (χ2n) is 6.06. The van der Waals surface area contributed by atoms with Crippen molar-refractivity contribution in [2.75, 3.05) is 19.4 Å². The molecule has 0 radical (unpaired) electrons. The number of aromatic amines is 1. The summed E-state index contributed by atoms with van der Waals surface area (Å²) in [6.07, 6.45) is -3.47. The van der Waals surface area contributed by atoms with Crippen molar-refractivity contribution in [3.63, 3.8) is 0 Å². The Hall–Kier alpha value is -3.30. The molecule has 10 heteroatoms. The summed E-state index contributed by atoms with van der Waals surface area (Å²) < 4.78 is 41.2. The van der Waals surface area contributed by atoms with Gasteiger partial charge in [-0.15, -0.1) is 13.2 Å². The number of rotatable bonds is 3. The fraction of sp³-hybridized carbons (Fsp3) is 0.235.